The lowest BCUT2D eigenvalue weighted by Crippen LogP contribution is -2.45. The second-order valence-electron chi connectivity index (χ2n) is 6.82. The van der Waals surface area contributed by atoms with Gasteiger partial charge in [-0.1, -0.05) is 19.9 Å². The van der Waals surface area contributed by atoms with Gasteiger partial charge in [0.1, 0.15) is 5.82 Å². The van der Waals surface area contributed by atoms with Gasteiger partial charge in [0.2, 0.25) is 0 Å². The summed E-state index contributed by atoms with van der Waals surface area (Å²) >= 11 is 0. The minimum atomic E-state index is 0.265. The third-order valence-electron chi connectivity index (χ3n) is 4.35. The lowest BCUT2D eigenvalue weighted by Gasteiger charge is -2.35. The standard InChI is InChI=1S/C17H29N3O/c1-17(2,9-5-13-21)14-19-15-7-11-20(12-8-15)16-6-3-4-10-18-16/h3-4,6,10,15,19,21H,5,7-9,11-14H2,1-2H3. The molecule has 1 aromatic rings. The highest BCUT2D eigenvalue weighted by molar-refractivity contribution is 5.38. The number of hydrogen-bond donors (Lipinski definition) is 2. The van der Waals surface area contributed by atoms with Crippen LogP contribution in [0.1, 0.15) is 39.5 Å². The van der Waals surface area contributed by atoms with Crippen LogP contribution in [0.4, 0.5) is 5.82 Å². The molecule has 1 fully saturated rings. The zero-order valence-corrected chi connectivity index (χ0v) is 13.4. The van der Waals surface area contributed by atoms with E-state index in [1.165, 1.54) is 12.8 Å². The first kappa shape index (κ1) is 16.2. The summed E-state index contributed by atoms with van der Waals surface area (Å²) in [6.45, 7) is 8.03. The zero-order valence-electron chi connectivity index (χ0n) is 13.4. The highest BCUT2D eigenvalue weighted by Crippen LogP contribution is 2.22. The van der Waals surface area contributed by atoms with E-state index in [0.29, 0.717) is 12.6 Å². The van der Waals surface area contributed by atoms with Gasteiger partial charge in [-0.15, -0.1) is 0 Å². The fourth-order valence-electron chi connectivity index (χ4n) is 2.92. The number of anilines is 1. The van der Waals surface area contributed by atoms with Gasteiger partial charge in [-0.05, 0) is 43.2 Å². The van der Waals surface area contributed by atoms with Crippen LogP contribution >= 0.6 is 0 Å². The van der Waals surface area contributed by atoms with Crippen LogP contribution in [0, 0.1) is 5.41 Å². The Kier molecular flexibility index (Phi) is 6.00. The molecule has 0 radical (unpaired) electrons. The molecule has 0 atom stereocenters. The first-order valence-electron chi connectivity index (χ1n) is 8.11. The number of nitrogens with zero attached hydrogens (tertiary/aromatic N) is 2. The van der Waals surface area contributed by atoms with E-state index < -0.39 is 0 Å². The van der Waals surface area contributed by atoms with Crippen LogP contribution in [-0.4, -0.2) is 42.4 Å². The average Bonchev–Trinajstić information content (AvgIpc) is 2.53. The van der Waals surface area contributed by atoms with Gasteiger partial charge < -0.3 is 15.3 Å². The maximum Gasteiger partial charge on any atom is 0.128 e. The molecule has 1 aromatic heterocycles. The second-order valence-corrected chi connectivity index (χ2v) is 6.82. The summed E-state index contributed by atoms with van der Waals surface area (Å²) in [5.41, 5.74) is 0.265. The molecule has 0 spiro atoms. The monoisotopic (exact) mass is 291 g/mol. The van der Waals surface area contributed by atoms with E-state index in [0.717, 1.165) is 38.3 Å². The van der Waals surface area contributed by atoms with Crippen molar-refractivity contribution < 1.29 is 5.11 Å². The first-order valence-corrected chi connectivity index (χ1v) is 8.11. The molecule has 0 aliphatic carbocycles. The Bertz CT molecular complexity index is 400. The number of hydrogen-bond acceptors (Lipinski definition) is 4. The van der Waals surface area contributed by atoms with Crippen LogP contribution in [0.15, 0.2) is 24.4 Å². The lowest BCUT2D eigenvalue weighted by atomic mass is 9.87. The molecule has 2 rings (SSSR count). The highest BCUT2D eigenvalue weighted by Gasteiger charge is 2.23. The minimum Gasteiger partial charge on any atom is -0.396 e. The third-order valence-corrected chi connectivity index (χ3v) is 4.35. The largest absolute Gasteiger partial charge is 0.396 e. The van der Waals surface area contributed by atoms with Crippen molar-refractivity contribution in [2.75, 3.05) is 31.1 Å². The van der Waals surface area contributed by atoms with E-state index in [2.05, 4.69) is 41.2 Å². The van der Waals surface area contributed by atoms with Crippen LogP contribution < -0.4 is 10.2 Å². The van der Waals surface area contributed by atoms with Crippen LogP contribution in [0.25, 0.3) is 0 Å². The summed E-state index contributed by atoms with van der Waals surface area (Å²) in [5.74, 6) is 1.10. The molecule has 1 aliphatic rings. The molecule has 0 bridgehead atoms. The molecule has 0 amide bonds. The summed E-state index contributed by atoms with van der Waals surface area (Å²) < 4.78 is 0. The molecule has 0 unspecified atom stereocenters. The van der Waals surface area contributed by atoms with Gasteiger partial charge >= 0.3 is 0 Å². The summed E-state index contributed by atoms with van der Waals surface area (Å²) in [4.78, 5) is 6.80. The molecule has 0 saturated carbocycles. The Morgan fingerprint density at radius 3 is 2.71 bits per heavy atom. The van der Waals surface area contributed by atoms with Crippen molar-refractivity contribution >= 4 is 5.82 Å². The van der Waals surface area contributed by atoms with Crippen molar-refractivity contribution in [3.8, 4) is 0 Å². The molecular formula is C17H29N3O. The second kappa shape index (κ2) is 7.76. The van der Waals surface area contributed by atoms with Crippen molar-refractivity contribution in [2.24, 2.45) is 5.41 Å². The van der Waals surface area contributed by atoms with Crippen LogP contribution in [0.2, 0.25) is 0 Å². The number of nitrogens with one attached hydrogen (secondary N) is 1. The van der Waals surface area contributed by atoms with Gasteiger partial charge in [0, 0.05) is 38.5 Å². The van der Waals surface area contributed by atoms with E-state index in [9.17, 15) is 0 Å². The van der Waals surface area contributed by atoms with Gasteiger partial charge in [-0.3, -0.25) is 0 Å². The van der Waals surface area contributed by atoms with Crippen LogP contribution in [-0.2, 0) is 0 Å². The maximum atomic E-state index is 8.95. The molecule has 1 saturated heterocycles. The van der Waals surface area contributed by atoms with Crippen LogP contribution in [0.5, 0.6) is 0 Å². The third kappa shape index (κ3) is 5.29. The van der Waals surface area contributed by atoms with E-state index >= 15 is 0 Å². The smallest absolute Gasteiger partial charge is 0.128 e. The van der Waals surface area contributed by atoms with Crippen molar-refractivity contribution in [1.29, 1.82) is 0 Å². The number of rotatable bonds is 7. The number of piperidine rings is 1. The number of aromatic nitrogens is 1. The maximum absolute atomic E-state index is 8.95. The van der Waals surface area contributed by atoms with Gasteiger partial charge in [-0.2, -0.15) is 0 Å². The normalized spacial score (nSPS) is 17.2. The lowest BCUT2D eigenvalue weighted by molar-refractivity contribution is 0.228. The van der Waals surface area contributed by atoms with Crippen molar-refractivity contribution in [1.82, 2.24) is 10.3 Å². The Labute approximate surface area is 128 Å². The van der Waals surface area contributed by atoms with Crippen molar-refractivity contribution in [3.05, 3.63) is 24.4 Å². The van der Waals surface area contributed by atoms with E-state index in [1.807, 2.05) is 12.3 Å². The average molecular weight is 291 g/mol. The quantitative estimate of drug-likeness (QED) is 0.810. The number of pyridine rings is 1. The van der Waals surface area contributed by atoms with Gasteiger partial charge in [0.05, 0.1) is 0 Å². The molecule has 118 valence electrons. The van der Waals surface area contributed by atoms with Gasteiger partial charge in [-0.25, -0.2) is 4.98 Å². The van der Waals surface area contributed by atoms with Crippen LogP contribution in [0.3, 0.4) is 0 Å². The highest BCUT2D eigenvalue weighted by atomic mass is 16.2. The topological polar surface area (TPSA) is 48.4 Å². The summed E-state index contributed by atoms with van der Waals surface area (Å²) in [7, 11) is 0. The molecular weight excluding hydrogens is 262 g/mol. The molecule has 2 heterocycles. The zero-order chi connectivity index (χ0) is 15.1. The Morgan fingerprint density at radius 2 is 2.10 bits per heavy atom. The Hall–Kier alpha value is -1.13. The fourth-order valence-corrected chi connectivity index (χ4v) is 2.92. The van der Waals surface area contributed by atoms with E-state index in [1.54, 1.807) is 0 Å². The molecule has 21 heavy (non-hydrogen) atoms. The summed E-state index contributed by atoms with van der Waals surface area (Å²) in [5, 5.41) is 12.7. The molecule has 1 aliphatic heterocycles. The predicted molar refractivity (Wildman–Crippen MR) is 87.6 cm³/mol. The van der Waals surface area contributed by atoms with Crippen molar-refractivity contribution in [2.45, 2.75) is 45.6 Å². The Morgan fingerprint density at radius 1 is 1.33 bits per heavy atom. The number of aliphatic hydroxyl groups excluding tert-OH is 1. The molecule has 2 N–H and O–H groups in total. The molecule has 4 heteroatoms. The number of aliphatic hydroxyl groups is 1. The first-order chi connectivity index (χ1) is 10.1. The predicted octanol–water partition coefficient (Wildman–Crippen LogP) is 2.44. The minimum absolute atomic E-state index is 0.265. The summed E-state index contributed by atoms with van der Waals surface area (Å²) in [6, 6.07) is 6.72. The van der Waals surface area contributed by atoms with Gasteiger partial charge in [0.15, 0.2) is 0 Å². The van der Waals surface area contributed by atoms with E-state index in [-0.39, 0.29) is 5.41 Å². The Balaban J connectivity index is 1.72. The van der Waals surface area contributed by atoms with Gasteiger partial charge in [0.25, 0.3) is 0 Å². The molecule has 4 nitrogen and oxygen atoms in total. The molecule has 0 aromatic carbocycles. The van der Waals surface area contributed by atoms with E-state index in [4.69, 9.17) is 5.11 Å². The SMILES string of the molecule is CC(C)(CCCO)CNC1CCN(c2ccccn2)CC1. The van der Waals surface area contributed by atoms with Crippen molar-refractivity contribution in [3.63, 3.8) is 0 Å². The fraction of sp³-hybridized carbons (Fsp3) is 0.706. The summed E-state index contributed by atoms with van der Waals surface area (Å²) in [6.07, 6.45) is 6.18.